The number of rotatable bonds is 4. The summed E-state index contributed by atoms with van der Waals surface area (Å²) in [4.78, 5) is 18.0. The van der Waals surface area contributed by atoms with E-state index in [9.17, 15) is 13.2 Å². The topological polar surface area (TPSA) is 91.3 Å². The van der Waals surface area contributed by atoms with Crippen molar-refractivity contribution in [2.75, 3.05) is 26.2 Å². The van der Waals surface area contributed by atoms with Crippen molar-refractivity contribution >= 4 is 26.8 Å². The molecular formula is C21H27N5O3S. The number of carbonyl (C=O) groups is 1. The second-order valence-electron chi connectivity index (χ2n) is 8.00. The predicted molar refractivity (Wildman–Crippen MR) is 115 cm³/mol. The van der Waals surface area contributed by atoms with Crippen molar-refractivity contribution in [3.63, 3.8) is 0 Å². The van der Waals surface area contributed by atoms with Crippen LogP contribution in [-0.2, 0) is 10.0 Å². The van der Waals surface area contributed by atoms with Crippen LogP contribution in [0.15, 0.2) is 35.2 Å². The fourth-order valence-electron chi connectivity index (χ4n) is 4.14. The van der Waals surface area contributed by atoms with Gasteiger partial charge in [-0.2, -0.15) is 9.40 Å². The van der Waals surface area contributed by atoms with E-state index in [1.54, 1.807) is 23.4 Å². The van der Waals surface area contributed by atoms with Gasteiger partial charge in [-0.15, -0.1) is 0 Å². The Labute approximate surface area is 176 Å². The van der Waals surface area contributed by atoms with Crippen LogP contribution >= 0.6 is 0 Å². The summed E-state index contributed by atoms with van der Waals surface area (Å²) in [6.45, 7) is 8.71. The Hall–Kier alpha value is -2.65. The van der Waals surface area contributed by atoms with E-state index >= 15 is 0 Å². The smallest absolute Gasteiger partial charge is 0.270 e. The number of para-hydroxylation sites is 1. The predicted octanol–water partition coefficient (Wildman–Crippen LogP) is 2.71. The highest BCUT2D eigenvalue weighted by Gasteiger charge is 2.34. The number of nitrogens with one attached hydrogen (secondary N) is 1. The minimum absolute atomic E-state index is 0.0819. The molecule has 1 aromatic carbocycles. The molecule has 1 amide bonds. The zero-order valence-corrected chi connectivity index (χ0v) is 18.5. The maximum Gasteiger partial charge on any atom is 0.270 e. The summed E-state index contributed by atoms with van der Waals surface area (Å²) >= 11 is 0. The van der Waals surface area contributed by atoms with E-state index in [-0.39, 0.29) is 29.9 Å². The standard InChI is InChI=1S/C21H27N5O3S/c1-14(2)26-16(4)20(15(3)23-26)30(28,29)25-11-9-24(10-12-25)21(27)19-13-17-7-5-6-8-18(17)22-19/h5-8,13-14,22H,9-12H2,1-4H3. The monoisotopic (exact) mass is 429 g/mol. The first-order valence-electron chi connectivity index (χ1n) is 10.1. The summed E-state index contributed by atoms with van der Waals surface area (Å²) in [5.41, 5.74) is 2.60. The zero-order chi connectivity index (χ0) is 21.6. The van der Waals surface area contributed by atoms with E-state index in [1.165, 1.54) is 4.31 Å². The van der Waals surface area contributed by atoms with Crippen molar-refractivity contribution in [3.05, 3.63) is 47.4 Å². The normalized spacial score (nSPS) is 16.0. The molecule has 0 unspecified atom stereocenters. The average molecular weight is 430 g/mol. The number of hydrogen-bond acceptors (Lipinski definition) is 4. The van der Waals surface area contributed by atoms with Gasteiger partial charge in [0.15, 0.2) is 0 Å². The first kappa shape index (κ1) is 20.6. The molecule has 4 rings (SSSR count). The number of aryl methyl sites for hydroxylation is 1. The number of sulfonamides is 1. The summed E-state index contributed by atoms with van der Waals surface area (Å²) in [5, 5.41) is 5.40. The van der Waals surface area contributed by atoms with Gasteiger partial charge >= 0.3 is 0 Å². The lowest BCUT2D eigenvalue weighted by atomic mass is 10.2. The van der Waals surface area contributed by atoms with E-state index in [2.05, 4.69) is 10.1 Å². The molecule has 1 aliphatic rings. The summed E-state index contributed by atoms with van der Waals surface area (Å²) in [7, 11) is -3.67. The SMILES string of the molecule is Cc1nn(C(C)C)c(C)c1S(=O)(=O)N1CCN(C(=O)c2cc3ccccc3[nH]2)CC1. The molecule has 8 nitrogen and oxygen atoms in total. The van der Waals surface area contributed by atoms with Crippen molar-refractivity contribution in [3.8, 4) is 0 Å². The summed E-state index contributed by atoms with van der Waals surface area (Å²) in [6, 6.07) is 9.65. The van der Waals surface area contributed by atoms with Gasteiger partial charge in [-0.3, -0.25) is 9.48 Å². The molecule has 1 N–H and O–H groups in total. The van der Waals surface area contributed by atoms with Crippen LogP contribution in [-0.4, -0.2) is 64.5 Å². The maximum absolute atomic E-state index is 13.3. The first-order chi connectivity index (χ1) is 14.2. The molecule has 0 aliphatic carbocycles. The van der Waals surface area contributed by atoms with Crippen LogP contribution in [0.2, 0.25) is 0 Å². The minimum atomic E-state index is -3.67. The zero-order valence-electron chi connectivity index (χ0n) is 17.7. The average Bonchev–Trinajstić information content (AvgIpc) is 3.28. The second kappa shape index (κ2) is 7.55. The molecule has 0 spiro atoms. The van der Waals surface area contributed by atoms with Gasteiger partial charge in [0.2, 0.25) is 10.0 Å². The van der Waals surface area contributed by atoms with Gasteiger partial charge in [-0.05, 0) is 39.8 Å². The Morgan fingerprint density at radius 2 is 1.77 bits per heavy atom. The Morgan fingerprint density at radius 1 is 1.10 bits per heavy atom. The third-order valence-electron chi connectivity index (χ3n) is 5.63. The number of fused-ring (bicyclic) bond motifs is 1. The van der Waals surface area contributed by atoms with Crippen molar-refractivity contribution in [1.82, 2.24) is 24.0 Å². The summed E-state index contributed by atoms with van der Waals surface area (Å²) in [5.74, 6) is -0.108. The van der Waals surface area contributed by atoms with Gasteiger partial charge in [0.1, 0.15) is 10.6 Å². The van der Waals surface area contributed by atoms with Crippen LogP contribution in [0.25, 0.3) is 10.9 Å². The molecule has 30 heavy (non-hydrogen) atoms. The van der Waals surface area contributed by atoms with Crippen LogP contribution in [0.3, 0.4) is 0 Å². The Kier molecular flexibility index (Phi) is 5.19. The van der Waals surface area contributed by atoms with Gasteiger partial charge in [-0.25, -0.2) is 8.42 Å². The largest absolute Gasteiger partial charge is 0.351 e. The van der Waals surface area contributed by atoms with E-state index in [0.717, 1.165) is 10.9 Å². The van der Waals surface area contributed by atoms with Crippen LogP contribution in [0.1, 0.15) is 41.8 Å². The second-order valence-corrected chi connectivity index (χ2v) is 9.88. The molecule has 3 aromatic rings. The van der Waals surface area contributed by atoms with E-state index in [1.807, 2.05) is 44.2 Å². The number of benzene rings is 1. The molecule has 160 valence electrons. The molecule has 9 heteroatoms. The third-order valence-corrected chi connectivity index (χ3v) is 7.78. The highest BCUT2D eigenvalue weighted by molar-refractivity contribution is 7.89. The van der Waals surface area contributed by atoms with Crippen LogP contribution < -0.4 is 0 Å². The fraction of sp³-hybridized carbons (Fsp3) is 0.429. The van der Waals surface area contributed by atoms with Gasteiger partial charge in [-0.1, -0.05) is 18.2 Å². The number of carbonyl (C=O) groups excluding carboxylic acids is 1. The minimum Gasteiger partial charge on any atom is -0.351 e. The van der Waals surface area contributed by atoms with Crippen molar-refractivity contribution < 1.29 is 13.2 Å². The Morgan fingerprint density at radius 3 is 2.37 bits per heavy atom. The molecule has 1 fully saturated rings. The highest BCUT2D eigenvalue weighted by atomic mass is 32.2. The summed E-state index contributed by atoms with van der Waals surface area (Å²) < 4.78 is 29.8. The quantitative estimate of drug-likeness (QED) is 0.690. The van der Waals surface area contributed by atoms with Crippen LogP contribution in [0.4, 0.5) is 0 Å². The van der Waals surface area contributed by atoms with Crippen LogP contribution in [0.5, 0.6) is 0 Å². The van der Waals surface area contributed by atoms with E-state index < -0.39 is 10.0 Å². The Bertz CT molecular complexity index is 1170. The number of amides is 1. The molecular weight excluding hydrogens is 402 g/mol. The molecule has 1 aliphatic heterocycles. The lowest BCUT2D eigenvalue weighted by Crippen LogP contribution is -2.50. The molecule has 2 aromatic heterocycles. The first-order valence-corrected chi connectivity index (χ1v) is 11.6. The van der Waals surface area contributed by atoms with Gasteiger partial charge in [0.05, 0.1) is 11.4 Å². The number of hydrogen-bond donors (Lipinski definition) is 1. The molecule has 0 radical (unpaired) electrons. The lowest BCUT2D eigenvalue weighted by Gasteiger charge is -2.33. The molecule has 0 bridgehead atoms. The third kappa shape index (κ3) is 3.41. The molecule has 0 atom stereocenters. The van der Waals surface area contributed by atoms with Gasteiger partial charge in [0.25, 0.3) is 5.91 Å². The highest BCUT2D eigenvalue weighted by Crippen LogP contribution is 2.26. The summed E-state index contributed by atoms with van der Waals surface area (Å²) in [6.07, 6.45) is 0. The maximum atomic E-state index is 13.3. The van der Waals surface area contributed by atoms with E-state index in [4.69, 9.17) is 0 Å². The molecule has 1 saturated heterocycles. The van der Waals surface area contributed by atoms with Crippen molar-refractivity contribution in [2.45, 2.75) is 38.6 Å². The number of aromatic amines is 1. The van der Waals surface area contributed by atoms with Crippen LogP contribution in [0, 0.1) is 13.8 Å². The van der Waals surface area contributed by atoms with Gasteiger partial charge in [0, 0.05) is 43.1 Å². The molecule has 3 heterocycles. The molecule has 0 saturated carbocycles. The van der Waals surface area contributed by atoms with E-state index in [0.29, 0.717) is 30.2 Å². The van der Waals surface area contributed by atoms with Crippen molar-refractivity contribution in [1.29, 1.82) is 0 Å². The number of aromatic nitrogens is 3. The fourth-order valence-corrected chi connectivity index (χ4v) is 5.93. The lowest BCUT2D eigenvalue weighted by molar-refractivity contribution is 0.0693. The van der Waals surface area contributed by atoms with Gasteiger partial charge < -0.3 is 9.88 Å². The number of nitrogens with zero attached hydrogens (tertiary/aromatic N) is 4. The number of piperazine rings is 1. The van der Waals surface area contributed by atoms with Crippen molar-refractivity contribution in [2.24, 2.45) is 0 Å². The Balaban J connectivity index is 1.51. The number of H-pyrrole nitrogens is 1.